The average molecular weight is 284 g/mol. The Balaban J connectivity index is 2.53. The van der Waals surface area contributed by atoms with E-state index < -0.39 is 0 Å². The Morgan fingerprint density at radius 3 is 2.55 bits per heavy atom. The molecule has 2 amide bonds. The summed E-state index contributed by atoms with van der Waals surface area (Å²) in [6.07, 6.45) is 4.63. The number of aliphatic hydroxyl groups excluding tert-OH is 1. The number of hydrogen-bond acceptors (Lipinski definition) is 3. The summed E-state index contributed by atoms with van der Waals surface area (Å²) in [5.74, 6) is -0.121. The number of rotatable bonds is 4. The molecule has 0 aromatic heterocycles. The van der Waals surface area contributed by atoms with Crippen LogP contribution < -0.4 is 5.32 Å². The molecule has 1 aliphatic rings. The first-order valence-corrected chi connectivity index (χ1v) is 7.52. The molecule has 0 bridgehead atoms. The number of hydrogen-bond donors (Lipinski definition) is 2. The van der Waals surface area contributed by atoms with Gasteiger partial charge in [0, 0.05) is 13.0 Å². The number of nitrogens with zero attached hydrogens (tertiary/aromatic N) is 1. The summed E-state index contributed by atoms with van der Waals surface area (Å²) >= 11 is 0. The van der Waals surface area contributed by atoms with Crippen molar-refractivity contribution in [2.75, 3.05) is 19.7 Å². The molecule has 0 aliphatic carbocycles. The summed E-state index contributed by atoms with van der Waals surface area (Å²) in [5.41, 5.74) is -0.204. The van der Waals surface area contributed by atoms with Crippen LogP contribution >= 0.6 is 0 Å². The second kappa shape index (κ2) is 7.62. The summed E-state index contributed by atoms with van der Waals surface area (Å²) < 4.78 is 0. The normalized spacial score (nSPS) is 19.2. The molecule has 0 spiro atoms. The van der Waals surface area contributed by atoms with Crippen molar-refractivity contribution in [3.63, 3.8) is 0 Å². The van der Waals surface area contributed by atoms with E-state index in [1.54, 1.807) is 4.90 Å². The summed E-state index contributed by atoms with van der Waals surface area (Å²) in [7, 11) is 0. The van der Waals surface area contributed by atoms with E-state index in [2.05, 4.69) is 5.32 Å². The van der Waals surface area contributed by atoms with E-state index in [9.17, 15) is 14.7 Å². The summed E-state index contributed by atoms with van der Waals surface area (Å²) in [5, 5.41) is 12.2. The molecular formula is C15H28N2O3. The van der Waals surface area contributed by atoms with E-state index in [4.69, 9.17) is 0 Å². The number of nitrogens with one attached hydrogen (secondary N) is 1. The highest BCUT2D eigenvalue weighted by Gasteiger charge is 2.26. The van der Waals surface area contributed by atoms with E-state index in [0.717, 1.165) is 25.7 Å². The Labute approximate surface area is 121 Å². The highest BCUT2D eigenvalue weighted by Crippen LogP contribution is 2.18. The summed E-state index contributed by atoms with van der Waals surface area (Å²) in [6.45, 7) is 6.57. The average Bonchev–Trinajstić information content (AvgIpc) is 2.34. The number of carbonyl (C=O) groups is 2. The molecule has 1 rings (SSSR count). The van der Waals surface area contributed by atoms with Gasteiger partial charge >= 0.3 is 0 Å². The number of carbonyl (C=O) groups excluding carboxylic acids is 2. The van der Waals surface area contributed by atoms with Crippen LogP contribution in [0.1, 0.15) is 52.9 Å². The lowest BCUT2D eigenvalue weighted by Gasteiger charge is -2.31. The molecule has 0 radical (unpaired) electrons. The van der Waals surface area contributed by atoms with Crippen molar-refractivity contribution in [1.29, 1.82) is 0 Å². The van der Waals surface area contributed by atoms with Gasteiger partial charge in [-0.15, -0.1) is 0 Å². The Morgan fingerprint density at radius 1 is 1.30 bits per heavy atom. The molecule has 1 aliphatic heterocycles. The maximum absolute atomic E-state index is 12.1. The maximum Gasteiger partial charge on any atom is 0.239 e. The van der Waals surface area contributed by atoms with Gasteiger partial charge in [-0.25, -0.2) is 0 Å². The molecule has 0 aromatic rings. The topological polar surface area (TPSA) is 69.6 Å². The molecule has 0 aromatic carbocycles. The van der Waals surface area contributed by atoms with Gasteiger partial charge in [0.05, 0.1) is 19.2 Å². The van der Waals surface area contributed by atoms with Crippen molar-refractivity contribution in [2.24, 2.45) is 5.41 Å². The molecule has 2 N–H and O–H groups in total. The van der Waals surface area contributed by atoms with Crippen molar-refractivity contribution in [3.05, 3.63) is 0 Å². The second-order valence-corrected chi connectivity index (χ2v) is 6.65. The molecule has 5 heteroatoms. The van der Waals surface area contributed by atoms with Crippen LogP contribution in [-0.2, 0) is 9.59 Å². The smallest absolute Gasteiger partial charge is 0.239 e. The molecule has 1 saturated heterocycles. The van der Waals surface area contributed by atoms with Gasteiger partial charge in [0.1, 0.15) is 0 Å². The minimum atomic E-state index is -0.292. The zero-order valence-electron chi connectivity index (χ0n) is 12.9. The van der Waals surface area contributed by atoms with Crippen LogP contribution in [0.15, 0.2) is 0 Å². The third kappa shape index (κ3) is 5.49. The third-order valence-electron chi connectivity index (χ3n) is 3.82. The van der Waals surface area contributed by atoms with E-state index in [1.165, 1.54) is 0 Å². The lowest BCUT2D eigenvalue weighted by Crippen LogP contribution is -2.50. The van der Waals surface area contributed by atoms with Crippen LogP contribution in [0.3, 0.4) is 0 Å². The predicted octanol–water partition coefficient (Wildman–Crippen LogP) is 1.30. The quantitative estimate of drug-likeness (QED) is 0.817. The fourth-order valence-electron chi connectivity index (χ4n) is 2.33. The van der Waals surface area contributed by atoms with Gasteiger partial charge < -0.3 is 15.3 Å². The standard InChI is InChI=1S/C15H28N2O3/c1-15(2,3)12(11-18)16-13(19)10-17-9-7-5-4-6-8-14(17)20/h12,18H,4-11H2,1-3H3,(H,16,19). The van der Waals surface area contributed by atoms with Gasteiger partial charge in [-0.3, -0.25) is 9.59 Å². The van der Waals surface area contributed by atoms with Crippen molar-refractivity contribution in [2.45, 2.75) is 58.9 Å². The molecule has 1 heterocycles. The molecule has 0 saturated carbocycles. The fraction of sp³-hybridized carbons (Fsp3) is 0.867. The molecule has 1 unspecified atom stereocenters. The van der Waals surface area contributed by atoms with Crippen LogP contribution in [0.2, 0.25) is 0 Å². The highest BCUT2D eigenvalue weighted by atomic mass is 16.3. The molecule has 1 fully saturated rings. The van der Waals surface area contributed by atoms with Gasteiger partial charge in [0.25, 0.3) is 0 Å². The minimum Gasteiger partial charge on any atom is -0.394 e. The summed E-state index contributed by atoms with van der Waals surface area (Å²) in [6, 6.07) is -0.292. The first-order chi connectivity index (χ1) is 9.34. The van der Waals surface area contributed by atoms with E-state index in [1.807, 2.05) is 20.8 Å². The van der Waals surface area contributed by atoms with E-state index in [-0.39, 0.29) is 36.4 Å². The van der Waals surface area contributed by atoms with Gasteiger partial charge in [-0.2, -0.15) is 0 Å². The SMILES string of the molecule is CC(C)(C)C(CO)NC(=O)CN1CCCCCCC1=O. The predicted molar refractivity (Wildman–Crippen MR) is 78.1 cm³/mol. The monoisotopic (exact) mass is 284 g/mol. The number of amides is 2. The van der Waals surface area contributed by atoms with Crippen LogP contribution in [0, 0.1) is 5.41 Å². The van der Waals surface area contributed by atoms with Crippen molar-refractivity contribution >= 4 is 11.8 Å². The highest BCUT2D eigenvalue weighted by molar-refractivity contribution is 5.85. The van der Waals surface area contributed by atoms with Crippen molar-refractivity contribution in [3.8, 4) is 0 Å². The van der Waals surface area contributed by atoms with Gasteiger partial charge in [-0.1, -0.05) is 33.6 Å². The molecule has 20 heavy (non-hydrogen) atoms. The first kappa shape index (κ1) is 17.0. The zero-order valence-corrected chi connectivity index (χ0v) is 12.9. The van der Waals surface area contributed by atoms with Crippen molar-refractivity contribution < 1.29 is 14.7 Å². The lowest BCUT2D eigenvalue weighted by atomic mass is 9.87. The van der Waals surface area contributed by atoms with Gasteiger partial charge in [-0.05, 0) is 18.3 Å². The Hall–Kier alpha value is -1.10. The minimum absolute atomic E-state index is 0.0659. The summed E-state index contributed by atoms with van der Waals surface area (Å²) in [4.78, 5) is 25.7. The third-order valence-corrected chi connectivity index (χ3v) is 3.82. The maximum atomic E-state index is 12.1. The van der Waals surface area contributed by atoms with Gasteiger partial charge in [0.15, 0.2) is 0 Å². The molecular weight excluding hydrogens is 256 g/mol. The Morgan fingerprint density at radius 2 is 1.95 bits per heavy atom. The molecule has 116 valence electrons. The van der Waals surface area contributed by atoms with Crippen LogP contribution in [0.5, 0.6) is 0 Å². The Kier molecular flexibility index (Phi) is 6.46. The largest absolute Gasteiger partial charge is 0.394 e. The first-order valence-electron chi connectivity index (χ1n) is 7.52. The molecule has 5 nitrogen and oxygen atoms in total. The van der Waals surface area contributed by atoms with Gasteiger partial charge in [0.2, 0.25) is 11.8 Å². The van der Waals surface area contributed by atoms with Crippen LogP contribution in [0.25, 0.3) is 0 Å². The zero-order chi connectivity index (χ0) is 15.2. The van der Waals surface area contributed by atoms with Crippen LogP contribution in [-0.4, -0.2) is 47.6 Å². The number of aliphatic hydroxyl groups is 1. The van der Waals surface area contributed by atoms with E-state index >= 15 is 0 Å². The lowest BCUT2D eigenvalue weighted by molar-refractivity contribution is -0.137. The molecule has 1 atom stereocenters. The second-order valence-electron chi connectivity index (χ2n) is 6.65. The van der Waals surface area contributed by atoms with Crippen LogP contribution in [0.4, 0.5) is 0 Å². The Bertz CT molecular complexity index is 337. The van der Waals surface area contributed by atoms with E-state index in [0.29, 0.717) is 13.0 Å². The number of likely N-dealkylation sites (tertiary alicyclic amines) is 1. The van der Waals surface area contributed by atoms with Crippen molar-refractivity contribution in [1.82, 2.24) is 10.2 Å². The fourth-order valence-corrected chi connectivity index (χ4v) is 2.33.